The first-order valence-corrected chi connectivity index (χ1v) is 12.3. The van der Waals surface area contributed by atoms with E-state index in [1.54, 1.807) is 13.8 Å². The Kier molecular flexibility index (Phi) is 10.7. The van der Waals surface area contributed by atoms with Gasteiger partial charge in [-0.1, -0.05) is 71.6 Å². The van der Waals surface area contributed by atoms with Gasteiger partial charge in [0.05, 0.1) is 5.75 Å². The lowest BCUT2D eigenvalue weighted by Crippen LogP contribution is -2.22. The minimum absolute atomic E-state index is 0.0173. The van der Waals surface area contributed by atoms with E-state index in [1.807, 2.05) is 0 Å². The lowest BCUT2D eigenvalue weighted by atomic mass is 10.1. The summed E-state index contributed by atoms with van der Waals surface area (Å²) in [5.74, 6) is -0.393. The molecular weight excluding hydrogens is 362 g/mol. The summed E-state index contributed by atoms with van der Waals surface area (Å²) in [6.07, 6.45) is 12.0. The summed E-state index contributed by atoms with van der Waals surface area (Å²) in [4.78, 5) is 12.2. The molecule has 0 unspecified atom stereocenters. The van der Waals surface area contributed by atoms with Crippen LogP contribution in [0.4, 0.5) is 0 Å². The molecule has 0 aliphatic heterocycles. The Balaban J connectivity index is 2.50. The Morgan fingerprint density at radius 1 is 0.926 bits per heavy atom. The molecule has 0 amide bonds. The molecule has 1 N–H and O–H groups in total. The van der Waals surface area contributed by atoms with Crippen LogP contribution in [0.2, 0.25) is 0 Å². The minimum Gasteiger partial charge on any atom is -0.494 e. The first kappa shape index (κ1) is 23.7. The van der Waals surface area contributed by atoms with Crippen molar-refractivity contribution in [2.75, 3.05) is 5.75 Å². The van der Waals surface area contributed by atoms with Crippen LogP contribution >= 0.6 is 0 Å². The van der Waals surface area contributed by atoms with Gasteiger partial charge in [0.2, 0.25) is 0 Å². The molecule has 1 aromatic rings. The molecule has 1 rings (SSSR count). The van der Waals surface area contributed by atoms with Gasteiger partial charge in [-0.2, -0.15) is 0 Å². The molecule has 0 radical (unpaired) electrons. The highest BCUT2D eigenvalue weighted by Crippen LogP contribution is 2.22. The molecule has 0 fully saturated rings. The van der Waals surface area contributed by atoms with E-state index in [-0.39, 0.29) is 22.9 Å². The van der Waals surface area contributed by atoms with Crippen LogP contribution in [-0.2, 0) is 22.1 Å². The first-order chi connectivity index (χ1) is 12.8. The minimum atomic E-state index is -3.27. The number of rotatable bonds is 14. The normalized spacial score (nSPS) is 11.8. The summed E-state index contributed by atoms with van der Waals surface area (Å²) in [6.45, 7) is 5.91. The van der Waals surface area contributed by atoms with Crippen LogP contribution in [0.25, 0.3) is 0 Å². The van der Waals surface area contributed by atoms with Gasteiger partial charge in [0, 0.05) is 23.9 Å². The van der Waals surface area contributed by atoms with E-state index in [9.17, 15) is 18.3 Å². The van der Waals surface area contributed by atoms with Gasteiger partial charge < -0.3 is 5.11 Å². The molecule has 6 heteroatoms. The number of pyridine rings is 1. The summed E-state index contributed by atoms with van der Waals surface area (Å²) in [5, 5.41) is 10.5. The Hall–Kier alpha value is -1.30. The molecule has 0 saturated carbocycles. The van der Waals surface area contributed by atoms with Crippen molar-refractivity contribution in [3.05, 3.63) is 27.5 Å². The van der Waals surface area contributed by atoms with Gasteiger partial charge in [0.15, 0.2) is 15.7 Å². The van der Waals surface area contributed by atoms with Gasteiger partial charge in [0.1, 0.15) is 0 Å². The maximum Gasteiger partial charge on any atom is 0.253 e. The van der Waals surface area contributed by atoms with Crippen molar-refractivity contribution in [3.63, 3.8) is 0 Å². The molecule has 5 nitrogen and oxygen atoms in total. The van der Waals surface area contributed by atoms with E-state index in [0.717, 1.165) is 19.3 Å². The SMILES string of the molecule is CCCCCCCCCCCCn1c(O)c(CS(=O)(=O)CC)c(C)cc1=O. The number of hydrogen-bond donors (Lipinski definition) is 1. The third kappa shape index (κ3) is 8.50. The third-order valence-electron chi connectivity index (χ3n) is 5.15. The molecule has 156 valence electrons. The standard InChI is InChI=1S/C21H37NO4S/c1-4-6-7-8-9-10-11-12-13-14-15-22-20(23)16-18(3)19(21(22)24)17-27(25,26)5-2/h16,24H,4-15,17H2,1-3H3. The van der Waals surface area contributed by atoms with Gasteiger partial charge in [-0.05, 0) is 18.9 Å². The summed E-state index contributed by atoms with van der Waals surface area (Å²) in [7, 11) is -3.27. The number of aromatic nitrogens is 1. The topological polar surface area (TPSA) is 76.4 Å². The highest BCUT2D eigenvalue weighted by molar-refractivity contribution is 7.90. The lowest BCUT2D eigenvalue weighted by molar-refractivity contribution is 0.392. The van der Waals surface area contributed by atoms with Crippen molar-refractivity contribution in [2.24, 2.45) is 0 Å². The zero-order valence-corrected chi connectivity index (χ0v) is 18.1. The van der Waals surface area contributed by atoms with E-state index >= 15 is 0 Å². The van der Waals surface area contributed by atoms with Gasteiger partial charge in [-0.25, -0.2) is 8.42 Å². The van der Waals surface area contributed by atoms with Gasteiger partial charge in [0.25, 0.3) is 5.56 Å². The van der Waals surface area contributed by atoms with Gasteiger partial charge >= 0.3 is 0 Å². The van der Waals surface area contributed by atoms with Crippen molar-refractivity contribution in [1.82, 2.24) is 4.57 Å². The Labute approximate surface area is 164 Å². The molecule has 0 spiro atoms. The van der Waals surface area contributed by atoms with Crippen molar-refractivity contribution in [1.29, 1.82) is 0 Å². The van der Waals surface area contributed by atoms with Crippen LogP contribution in [0.15, 0.2) is 10.9 Å². The van der Waals surface area contributed by atoms with Crippen molar-refractivity contribution < 1.29 is 13.5 Å². The molecule has 0 aliphatic carbocycles. The van der Waals surface area contributed by atoms with Gasteiger partial charge in [-0.3, -0.25) is 9.36 Å². The molecule has 0 bridgehead atoms. The fourth-order valence-electron chi connectivity index (χ4n) is 3.27. The summed E-state index contributed by atoms with van der Waals surface area (Å²) < 4.78 is 25.1. The summed E-state index contributed by atoms with van der Waals surface area (Å²) in [5.41, 5.74) is 0.621. The number of sulfone groups is 1. The number of nitrogens with zero attached hydrogens (tertiary/aromatic N) is 1. The average Bonchev–Trinajstić information content (AvgIpc) is 2.62. The number of hydrogen-bond acceptors (Lipinski definition) is 4. The molecular formula is C21H37NO4S. The molecule has 0 aliphatic rings. The van der Waals surface area contributed by atoms with Crippen LogP contribution in [0.5, 0.6) is 5.88 Å². The maximum atomic E-state index is 12.2. The largest absolute Gasteiger partial charge is 0.494 e. The zero-order valence-electron chi connectivity index (χ0n) is 17.3. The maximum absolute atomic E-state index is 12.2. The Morgan fingerprint density at radius 3 is 1.96 bits per heavy atom. The smallest absolute Gasteiger partial charge is 0.253 e. The third-order valence-corrected chi connectivity index (χ3v) is 6.76. The summed E-state index contributed by atoms with van der Waals surface area (Å²) in [6, 6.07) is 1.43. The van der Waals surface area contributed by atoms with E-state index < -0.39 is 9.84 Å². The van der Waals surface area contributed by atoms with Crippen LogP contribution in [0, 0.1) is 6.92 Å². The van der Waals surface area contributed by atoms with Crippen LogP contribution < -0.4 is 5.56 Å². The molecule has 0 aromatic carbocycles. The fourth-order valence-corrected chi connectivity index (χ4v) is 4.27. The number of aromatic hydroxyl groups is 1. The highest BCUT2D eigenvalue weighted by Gasteiger charge is 2.18. The average molecular weight is 400 g/mol. The Bertz CT molecular complexity index is 722. The first-order valence-electron chi connectivity index (χ1n) is 10.4. The summed E-state index contributed by atoms with van der Waals surface area (Å²) >= 11 is 0. The van der Waals surface area contributed by atoms with E-state index in [4.69, 9.17) is 0 Å². The van der Waals surface area contributed by atoms with E-state index in [0.29, 0.717) is 17.7 Å². The second kappa shape index (κ2) is 12.2. The second-order valence-corrected chi connectivity index (χ2v) is 9.83. The second-order valence-electron chi connectivity index (χ2n) is 7.48. The molecule has 1 aromatic heterocycles. The van der Waals surface area contributed by atoms with Crippen LogP contribution in [0.3, 0.4) is 0 Å². The lowest BCUT2D eigenvalue weighted by Gasteiger charge is -2.14. The molecule has 1 heterocycles. The number of aryl methyl sites for hydroxylation is 1. The van der Waals surface area contributed by atoms with E-state index in [2.05, 4.69) is 6.92 Å². The molecule has 27 heavy (non-hydrogen) atoms. The number of unbranched alkanes of at least 4 members (excludes halogenated alkanes) is 9. The van der Waals surface area contributed by atoms with Gasteiger partial charge in [-0.15, -0.1) is 0 Å². The monoisotopic (exact) mass is 399 g/mol. The van der Waals surface area contributed by atoms with Crippen molar-refractivity contribution >= 4 is 9.84 Å². The van der Waals surface area contributed by atoms with Crippen molar-refractivity contribution in [2.45, 2.75) is 97.3 Å². The molecule has 0 saturated heterocycles. The molecule has 0 atom stereocenters. The predicted octanol–water partition coefficient (Wildman–Crippen LogP) is 4.72. The van der Waals surface area contributed by atoms with E-state index in [1.165, 1.54) is 55.6 Å². The van der Waals surface area contributed by atoms with Crippen LogP contribution in [-0.4, -0.2) is 23.8 Å². The Morgan fingerprint density at radius 2 is 1.44 bits per heavy atom. The highest BCUT2D eigenvalue weighted by atomic mass is 32.2. The zero-order chi connectivity index (χ0) is 20.3. The van der Waals surface area contributed by atoms with Crippen LogP contribution in [0.1, 0.15) is 89.2 Å². The fraction of sp³-hybridized carbons (Fsp3) is 0.762. The quantitative estimate of drug-likeness (QED) is 0.459. The van der Waals surface area contributed by atoms with Crippen molar-refractivity contribution in [3.8, 4) is 5.88 Å². The predicted molar refractivity (Wildman–Crippen MR) is 112 cm³/mol.